The summed E-state index contributed by atoms with van der Waals surface area (Å²) in [6.45, 7) is 4.09. The van der Waals surface area contributed by atoms with Gasteiger partial charge in [-0.3, -0.25) is 4.79 Å². The first-order valence-electron chi connectivity index (χ1n) is 6.00. The highest BCUT2D eigenvalue weighted by atomic mass is 16.5. The summed E-state index contributed by atoms with van der Waals surface area (Å²) in [5.74, 6) is 0.900. The Morgan fingerprint density at radius 2 is 2.21 bits per heavy atom. The van der Waals surface area contributed by atoms with Crippen LogP contribution in [-0.4, -0.2) is 22.6 Å². The maximum absolute atomic E-state index is 11.9. The molecule has 100 valence electrons. The summed E-state index contributed by atoms with van der Waals surface area (Å²) in [6, 6.07) is 5.35. The topological polar surface area (TPSA) is 94.0 Å². The molecule has 0 fully saturated rings. The second kappa shape index (κ2) is 5.51. The van der Waals surface area contributed by atoms with Gasteiger partial charge in [-0.2, -0.15) is 4.98 Å². The Labute approximate surface area is 111 Å². The van der Waals surface area contributed by atoms with Crippen molar-refractivity contribution in [2.75, 3.05) is 12.3 Å². The number of aromatic nitrogens is 2. The Bertz CT molecular complexity index is 592. The molecule has 0 saturated carbocycles. The number of nitrogens with one attached hydrogen (secondary N) is 1. The Balaban J connectivity index is 1.90. The van der Waals surface area contributed by atoms with Crippen molar-refractivity contribution in [1.82, 2.24) is 15.5 Å². The Hall–Kier alpha value is -2.37. The average molecular weight is 260 g/mol. The predicted molar refractivity (Wildman–Crippen MR) is 70.7 cm³/mol. The number of nitrogens with two attached hydrogens (primary N) is 1. The molecule has 1 amide bonds. The number of anilines is 1. The smallest absolute Gasteiger partial charge is 0.253 e. The zero-order valence-corrected chi connectivity index (χ0v) is 10.9. The molecule has 3 N–H and O–H groups in total. The molecule has 0 unspecified atom stereocenters. The van der Waals surface area contributed by atoms with E-state index in [4.69, 9.17) is 10.3 Å². The normalized spacial score (nSPS) is 10.4. The number of hydrogen-bond donors (Lipinski definition) is 2. The van der Waals surface area contributed by atoms with Gasteiger partial charge in [-0.1, -0.05) is 11.2 Å². The van der Waals surface area contributed by atoms with E-state index in [0.717, 1.165) is 5.56 Å². The lowest BCUT2D eigenvalue weighted by Crippen LogP contribution is -2.26. The van der Waals surface area contributed by atoms with Gasteiger partial charge in [0, 0.05) is 25.6 Å². The van der Waals surface area contributed by atoms with Crippen LogP contribution in [0.4, 0.5) is 5.69 Å². The monoisotopic (exact) mass is 260 g/mol. The quantitative estimate of drug-likeness (QED) is 0.807. The second-order valence-corrected chi connectivity index (χ2v) is 4.33. The summed E-state index contributed by atoms with van der Waals surface area (Å²) in [6.07, 6.45) is 0.523. The number of carbonyl (C=O) groups is 1. The molecule has 1 heterocycles. The molecule has 19 heavy (non-hydrogen) atoms. The fraction of sp³-hybridized carbons (Fsp3) is 0.308. The highest BCUT2D eigenvalue weighted by molar-refractivity contribution is 5.99. The zero-order chi connectivity index (χ0) is 13.8. The van der Waals surface area contributed by atoms with Crippen molar-refractivity contribution in [2.24, 2.45) is 0 Å². The van der Waals surface area contributed by atoms with Crippen LogP contribution in [0.5, 0.6) is 0 Å². The second-order valence-electron chi connectivity index (χ2n) is 4.33. The molecule has 6 nitrogen and oxygen atoms in total. The summed E-state index contributed by atoms with van der Waals surface area (Å²) >= 11 is 0. The molecule has 6 heteroatoms. The average Bonchev–Trinajstić information content (AvgIpc) is 2.75. The van der Waals surface area contributed by atoms with Crippen molar-refractivity contribution < 1.29 is 9.32 Å². The molecule has 0 aliphatic rings. The van der Waals surface area contributed by atoms with Crippen LogP contribution >= 0.6 is 0 Å². The summed E-state index contributed by atoms with van der Waals surface area (Å²) in [4.78, 5) is 16.0. The van der Waals surface area contributed by atoms with E-state index >= 15 is 0 Å². The van der Waals surface area contributed by atoms with Crippen molar-refractivity contribution in [2.45, 2.75) is 20.3 Å². The van der Waals surface area contributed by atoms with Crippen LogP contribution in [0.15, 0.2) is 22.7 Å². The lowest BCUT2D eigenvalue weighted by atomic mass is 10.1. The van der Waals surface area contributed by atoms with Crippen LogP contribution in [0.1, 0.15) is 27.6 Å². The van der Waals surface area contributed by atoms with Crippen molar-refractivity contribution in [1.29, 1.82) is 0 Å². The van der Waals surface area contributed by atoms with Crippen molar-refractivity contribution >= 4 is 11.6 Å². The minimum Gasteiger partial charge on any atom is -0.398 e. The first kappa shape index (κ1) is 13.1. The van der Waals surface area contributed by atoms with Gasteiger partial charge in [0.25, 0.3) is 5.91 Å². The Morgan fingerprint density at radius 3 is 2.84 bits per heavy atom. The Morgan fingerprint density at radius 1 is 1.42 bits per heavy atom. The molecule has 0 aliphatic carbocycles. The summed E-state index contributed by atoms with van der Waals surface area (Å²) in [5.41, 5.74) is 7.79. The van der Waals surface area contributed by atoms with Crippen LogP contribution in [0.25, 0.3) is 0 Å². The zero-order valence-electron chi connectivity index (χ0n) is 10.9. The van der Waals surface area contributed by atoms with E-state index in [2.05, 4.69) is 15.5 Å². The van der Waals surface area contributed by atoms with Gasteiger partial charge in [-0.15, -0.1) is 0 Å². The fourth-order valence-corrected chi connectivity index (χ4v) is 1.71. The van der Waals surface area contributed by atoms with E-state index in [1.165, 1.54) is 0 Å². The van der Waals surface area contributed by atoms with Gasteiger partial charge in [0.1, 0.15) is 0 Å². The molecule has 0 bridgehead atoms. The SMILES string of the molecule is Cc1ccc(C(=O)NCCc2noc(C)n2)c(N)c1. The number of aryl methyl sites for hydroxylation is 2. The van der Waals surface area contributed by atoms with Gasteiger partial charge in [0.2, 0.25) is 5.89 Å². The molecular weight excluding hydrogens is 244 g/mol. The van der Waals surface area contributed by atoms with Gasteiger partial charge in [-0.05, 0) is 24.6 Å². The van der Waals surface area contributed by atoms with Gasteiger partial charge in [0.05, 0.1) is 5.56 Å². The fourth-order valence-electron chi connectivity index (χ4n) is 1.71. The van der Waals surface area contributed by atoms with Crippen LogP contribution < -0.4 is 11.1 Å². The minimum absolute atomic E-state index is 0.197. The summed E-state index contributed by atoms with van der Waals surface area (Å²) < 4.78 is 4.85. The molecule has 0 saturated heterocycles. The molecular formula is C13H16N4O2. The van der Waals surface area contributed by atoms with E-state index in [1.54, 1.807) is 19.1 Å². The number of benzene rings is 1. The molecule has 0 spiro atoms. The third-order valence-corrected chi connectivity index (χ3v) is 2.66. The maximum atomic E-state index is 11.9. The first-order chi connectivity index (χ1) is 9.06. The lowest BCUT2D eigenvalue weighted by Gasteiger charge is -2.07. The van der Waals surface area contributed by atoms with Crippen LogP contribution in [0.3, 0.4) is 0 Å². The number of nitrogens with zero attached hydrogens (tertiary/aromatic N) is 2. The number of rotatable bonds is 4. The van der Waals surface area contributed by atoms with Crippen LogP contribution in [0.2, 0.25) is 0 Å². The molecule has 1 aromatic heterocycles. The third kappa shape index (κ3) is 3.31. The Kier molecular flexibility index (Phi) is 3.79. The number of hydrogen-bond acceptors (Lipinski definition) is 5. The maximum Gasteiger partial charge on any atom is 0.253 e. The third-order valence-electron chi connectivity index (χ3n) is 2.66. The highest BCUT2D eigenvalue weighted by Gasteiger charge is 2.09. The van der Waals surface area contributed by atoms with E-state index in [1.807, 2.05) is 13.0 Å². The van der Waals surface area contributed by atoms with Crippen molar-refractivity contribution in [3.63, 3.8) is 0 Å². The van der Waals surface area contributed by atoms with Gasteiger partial charge in [0.15, 0.2) is 5.82 Å². The number of amides is 1. The van der Waals surface area contributed by atoms with Crippen LogP contribution in [-0.2, 0) is 6.42 Å². The first-order valence-corrected chi connectivity index (χ1v) is 6.00. The predicted octanol–water partition coefficient (Wildman–Crippen LogP) is 1.24. The summed E-state index contributed by atoms with van der Waals surface area (Å²) in [7, 11) is 0. The molecule has 2 aromatic rings. The minimum atomic E-state index is -0.197. The summed E-state index contributed by atoms with van der Waals surface area (Å²) in [5, 5.41) is 6.53. The van der Waals surface area contributed by atoms with Gasteiger partial charge in [-0.25, -0.2) is 0 Å². The van der Waals surface area contributed by atoms with Crippen LogP contribution in [0, 0.1) is 13.8 Å². The van der Waals surface area contributed by atoms with Gasteiger partial charge < -0.3 is 15.6 Å². The molecule has 0 aliphatic heterocycles. The highest BCUT2D eigenvalue weighted by Crippen LogP contribution is 2.13. The van der Waals surface area contributed by atoms with E-state index in [-0.39, 0.29) is 5.91 Å². The van der Waals surface area contributed by atoms with Gasteiger partial charge >= 0.3 is 0 Å². The van der Waals surface area contributed by atoms with E-state index < -0.39 is 0 Å². The van der Waals surface area contributed by atoms with Crippen molar-refractivity contribution in [3.8, 4) is 0 Å². The largest absolute Gasteiger partial charge is 0.398 e. The molecule has 1 aromatic carbocycles. The van der Waals surface area contributed by atoms with Crippen molar-refractivity contribution in [3.05, 3.63) is 41.0 Å². The standard InChI is InChI=1S/C13H16N4O2/c1-8-3-4-10(11(14)7-8)13(18)15-6-5-12-16-9(2)19-17-12/h3-4,7H,5-6,14H2,1-2H3,(H,15,18). The molecule has 0 atom stereocenters. The lowest BCUT2D eigenvalue weighted by molar-refractivity contribution is 0.0955. The van der Waals surface area contributed by atoms with E-state index in [9.17, 15) is 4.79 Å². The molecule has 0 radical (unpaired) electrons. The molecule has 2 rings (SSSR count). The van der Waals surface area contributed by atoms with E-state index in [0.29, 0.717) is 35.9 Å². The number of nitrogen functional groups attached to an aromatic ring is 1. The number of carbonyl (C=O) groups excluding carboxylic acids is 1.